The summed E-state index contributed by atoms with van der Waals surface area (Å²) in [7, 11) is 1.73. The van der Waals surface area contributed by atoms with Gasteiger partial charge in [0.05, 0.1) is 6.54 Å². The average Bonchev–Trinajstić information content (AvgIpc) is 3.05. The van der Waals surface area contributed by atoms with E-state index in [-0.39, 0.29) is 24.3 Å². The largest absolute Gasteiger partial charge is 0.409 e. The second-order valence-corrected chi connectivity index (χ2v) is 4.80. The molecule has 0 unspecified atom stereocenters. The Kier molecular flexibility index (Phi) is 4.03. The summed E-state index contributed by atoms with van der Waals surface area (Å²) >= 11 is 0. The van der Waals surface area contributed by atoms with Crippen molar-refractivity contribution in [2.45, 2.75) is 31.7 Å². The Balaban J connectivity index is 2.21. The van der Waals surface area contributed by atoms with Crippen molar-refractivity contribution in [3.05, 3.63) is 18.0 Å². The van der Waals surface area contributed by atoms with E-state index in [9.17, 15) is 4.79 Å². The van der Waals surface area contributed by atoms with E-state index in [1.807, 2.05) is 0 Å². The molecule has 1 fully saturated rings. The van der Waals surface area contributed by atoms with Crippen molar-refractivity contribution in [3.63, 3.8) is 0 Å². The maximum absolute atomic E-state index is 12.5. The zero-order valence-corrected chi connectivity index (χ0v) is 11.0. The summed E-state index contributed by atoms with van der Waals surface area (Å²) in [6.07, 6.45) is 5.72. The van der Waals surface area contributed by atoms with Crippen LogP contribution < -0.4 is 5.73 Å². The lowest BCUT2D eigenvalue weighted by Crippen LogP contribution is -2.44. The predicted molar refractivity (Wildman–Crippen MR) is 69.9 cm³/mol. The third-order valence-electron chi connectivity index (χ3n) is 3.53. The highest BCUT2D eigenvalue weighted by Gasteiger charge is 2.29. The Hall–Kier alpha value is -2.05. The number of rotatable bonds is 4. The average molecular weight is 265 g/mol. The molecule has 7 heteroatoms. The minimum Gasteiger partial charge on any atom is -0.409 e. The number of nitrogens with zero attached hydrogens (tertiary/aromatic N) is 4. The summed E-state index contributed by atoms with van der Waals surface area (Å²) in [5.74, 6) is -0.0825. The van der Waals surface area contributed by atoms with Crippen LogP contribution in [0.15, 0.2) is 17.4 Å². The van der Waals surface area contributed by atoms with Gasteiger partial charge in [0.1, 0.15) is 5.69 Å². The number of nitrogens with two attached hydrogens (primary N) is 1. The number of oxime groups is 1. The van der Waals surface area contributed by atoms with E-state index in [2.05, 4.69) is 10.3 Å². The van der Waals surface area contributed by atoms with E-state index >= 15 is 0 Å². The van der Waals surface area contributed by atoms with Crippen LogP contribution in [0.25, 0.3) is 0 Å². The zero-order chi connectivity index (χ0) is 13.8. The van der Waals surface area contributed by atoms with Crippen LogP contribution in [0.4, 0.5) is 0 Å². The van der Waals surface area contributed by atoms with Crippen LogP contribution in [0.2, 0.25) is 0 Å². The lowest BCUT2D eigenvalue weighted by atomic mass is 10.2. The number of carbonyl (C=O) groups is 1. The maximum atomic E-state index is 12.5. The van der Waals surface area contributed by atoms with E-state index in [0.29, 0.717) is 5.69 Å². The molecule has 2 rings (SSSR count). The Morgan fingerprint density at radius 1 is 1.63 bits per heavy atom. The zero-order valence-electron chi connectivity index (χ0n) is 11.0. The van der Waals surface area contributed by atoms with Gasteiger partial charge in [-0.1, -0.05) is 18.0 Å². The number of hydrogen-bond acceptors (Lipinski definition) is 4. The van der Waals surface area contributed by atoms with Gasteiger partial charge in [-0.3, -0.25) is 9.48 Å². The lowest BCUT2D eigenvalue weighted by molar-refractivity contribution is 0.0701. The van der Waals surface area contributed by atoms with Gasteiger partial charge < -0.3 is 15.8 Å². The summed E-state index contributed by atoms with van der Waals surface area (Å²) in [5.41, 5.74) is 6.07. The molecule has 1 aliphatic carbocycles. The molecule has 0 aromatic carbocycles. The monoisotopic (exact) mass is 265 g/mol. The SMILES string of the molecule is Cn1nccc1C(=O)N(CC(N)=NO)C1CCCC1. The van der Waals surface area contributed by atoms with Crippen LogP contribution in [-0.2, 0) is 7.05 Å². The highest BCUT2D eigenvalue weighted by molar-refractivity contribution is 5.95. The molecule has 0 spiro atoms. The van der Waals surface area contributed by atoms with Crippen LogP contribution in [-0.4, -0.2) is 44.2 Å². The van der Waals surface area contributed by atoms with Crippen LogP contribution in [0.3, 0.4) is 0 Å². The van der Waals surface area contributed by atoms with E-state index in [1.165, 1.54) is 4.68 Å². The van der Waals surface area contributed by atoms with Gasteiger partial charge in [0.2, 0.25) is 0 Å². The smallest absolute Gasteiger partial charge is 0.272 e. The highest BCUT2D eigenvalue weighted by atomic mass is 16.4. The van der Waals surface area contributed by atoms with Gasteiger partial charge in [-0.25, -0.2) is 0 Å². The lowest BCUT2D eigenvalue weighted by Gasteiger charge is -2.28. The first-order valence-corrected chi connectivity index (χ1v) is 6.39. The quantitative estimate of drug-likeness (QED) is 0.359. The Bertz CT molecular complexity index is 476. The van der Waals surface area contributed by atoms with Gasteiger partial charge in [-0.05, 0) is 18.9 Å². The van der Waals surface area contributed by atoms with Gasteiger partial charge in [-0.15, -0.1) is 0 Å². The Morgan fingerprint density at radius 2 is 2.32 bits per heavy atom. The number of hydrogen-bond donors (Lipinski definition) is 2. The van der Waals surface area contributed by atoms with Crippen molar-refractivity contribution in [2.24, 2.45) is 17.9 Å². The molecule has 0 radical (unpaired) electrons. The molecule has 7 nitrogen and oxygen atoms in total. The number of carbonyl (C=O) groups excluding carboxylic acids is 1. The second-order valence-electron chi connectivity index (χ2n) is 4.80. The van der Waals surface area contributed by atoms with Crippen LogP contribution >= 0.6 is 0 Å². The third kappa shape index (κ3) is 2.86. The standard InChI is InChI=1S/C12H19N5O2/c1-16-10(6-7-14-16)12(18)17(8-11(13)15-19)9-4-2-3-5-9/h6-7,9,19H,2-5,8H2,1H3,(H2,13,15). The third-order valence-corrected chi connectivity index (χ3v) is 3.53. The molecular formula is C12H19N5O2. The topological polar surface area (TPSA) is 96.7 Å². The number of aryl methyl sites for hydroxylation is 1. The molecule has 104 valence electrons. The van der Waals surface area contributed by atoms with Crippen molar-refractivity contribution in [1.29, 1.82) is 0 Å². The van der Waals surface area contributed by atoms with Crippen molar-refractivity contribution in [1.82, 2.24) is 14.7 Å². The van der Waals surface area contributed by atoms with E-state index in [0.717, 1.165) is 25.7 Å². The molecule has 1 aromatic rings. The first-order chi connectivity index (χ1) is 9.13. The van der Waals surface area contributed by atoms with Gasteiger partial charge >= 0.3 is 0 Å². The van der Waals surface area contributed by atoms with E-state index < -0.39 is 0 Å². The summed E-state index contributed by atoms with van der Waals surface area (Å²) in [5, 5.41) is 15.7. The molecule has 1 saturated carbocycles. The van der Waals surface area contributed by atoms with E-state index in [4.69, 9.17) is 10.9 Å². The predicted octanol–water partition coefficient (Wildman–Crippen LogP) is 0.551. The molecule has 0 saturated heterocycles. The number of amidine groups is 1. The van der Waals surface area contributed by atoms with Crippen molar-refractivity contribution < 1.29 is 10.0 Å². The fraction of sp³-hybridized carbons (Fsp3) is 0.583. The molecule has 0 aliphatic heterocycles. The summed E-state index contributed by atoms with van der Waals surface area (Å²) in [6.45, 7) is 0.144. The molecule has 0 atom stereocenters. The minimum absolute atomic E-state index is 0.0439. The summed E-state index contributed by atoms with van der Waals surface area (Å²) in [6, 6.07) is 1.83. The van der Waals surface area contributed by atoms with Crippen LogP contribution in [0, 0.1) is 0 Å². The van der Waals surface area contributed by atoms with E-state index in [1.54, 1.807) is 24.2 Å². The molecule has 19 heavy (non-hydrogen) atoms. The minimum atomic E-state index is -0.126. The van der Waals surface area contributed by atoms with Crippen LogP contribution in [0.5, 0.6) is 0 Å². The van der Waals surface area contributed by atoms with Crippen molar-refractivity contribution in [3.8, 4) is 0 Å². The first-order valence-electron chi connectivity index (χ1n) is 6.39. The Labute approximate surface area is 111 Å². The molecule has 1 heterocycles. The summed E-state index contributed by atoms with van der Waals surface area (Å²) in [4.78, 5) is 14.2. The molecule has 1 aromatic heterocycles. The molecule has 1 amide bonds. The normalized spacial score (nSPS) is 16.8. The highest BCUT2D eigenvalue weighted by Crippen LogP contribution is 2.24. The first kappa shape index (κ1) is 13.4. The molecular weight excluding hydrogens is 246 g/mol. The molecule has 0 bridgehead atoms. The fourth-order valence-corrected chi connectivity index (χ4v) is 2.52. The number of amides is 1. The fourth-order valence-electron chi connectivity index (χ4n) is 2.52. The van der Waals surface area contributed by atoms with Crippen molar-refractivity contribution >= 4 is 11.7 Å². The van der Waals surface area contributed by atoms with Crippen LogP contribution in [0.1, 0.15) is 36.2 Å². The number of aromatic nitrogens is 2. The van der Waals surface area contributed by atoms with Gasteiger partial charge in [-0.2, -0.15) is 5.10 Å². The van der Waals surface area contributed by atoms with Gasteiger partial charge in [0, 0.05) is 19.3 Å². The second kappa shape index (κ2) is 5.73. The Morgan fingerprint density at radius 3 is 2.84 bits per heavy atom. The molecule has 3 N–H and O–H groups in total. The van der Waals surface area contributed by atoms with Crippen molar-refractivity contribution in [2.75, 3.05) is 6.54 Å². The summed E-state index contributed by atoms with van der Waals surface area (Å²) < 4.78 is 1.54. The van der Waals surface area contributed by atoms with Gasteiger partial charge in [0.25, 0.3) is 5.91 Å². The van der Waals surface area contributed by atoms with Gasteiger partial charge in [0.15, 0.2) is 5.84 Å². The molecule has 1 aliphatic rings. The maximum Gasteiger partial charge on any atom is 0.272 e.